The molecule has 130 valence electrons. The Morgan fingerprint density at radius 3 is 2.62 bits per heavy atom. The van der Waals surface area contributed by atoms with Crippen LogP contribution >= 0.6 is 11.6 Å². The van der Waals surface area contributed by atoms with Gasteiger partial charge in [0.05, 0.1) is 11.8 Å². The summed E-state index contributed by atoms with van der Waals surface area (Å²) >= 11 is 6.10. The van der Waals surface area contributed by atoms with Gasteiger partial charge in [0.15, 0.2) is 0 Å². The van der Waals surface area contributed by atoms with Crippen molar-refractivity contribution in [3.8, 4) is 6.07 Å². The van der Waals surface area contributed by atoms with Gasteiger partial charge in [0, 0.05) is 18.7 Å². The Morgan fingerprint density at radius 1 is 1.46 bits per heavy atom. The van der Waals surface area contributed by atoms with Crippen LogP contribution in [0.25, 0.3) is 6.08 Å². The van der Waals surface area contributed by atoms with Crippen molar-refractivity contribution < 1.29 is 9.59 Å². The zero-order valence-electron chi connectivity index (χ0n) is 14.3. The second kappa shape index (κ2) is 9.08. The van der Waals surface area contributed by atoms with E-state index in [1.807, 2.05) is 19.9 Å². The molecule has 0 unspecified atom stereocenters. The molecule has 1 heterocycles. The zero-order valence-corrected chi connectivity index (χ0v) is 15.0. The molecule has 0 saturated heterocycles. The lowest BCUT2D eigenvalue weighted by Gasteiger charge is -2.18. The van der Waals surface area contributed by atoms with Gasteiger partial charge < -0.3 is 10.6 Å². The summed E-state index contributed by atoms with van der Waals surface area (Å²) in [5.74, 6) is -0.572. The molecule has 0 aliphatic carbocycles. The third-order valence-electron chi connectivity index (χ3n) is 3.28. The first-order chi connectivity index (χ1) is 11.3. The molecule has 1 aromatic rings. The van der Waals surface area contributed by atoms with Crippen LogP contribution in [0.1, 0.15) is 31.5 Å². The van der Waals surface area contributed by atoms with Crippen molar-refractivity contribution in [2.45, 2.75) is 33.2 Å². The van der Waals surface area contributed by atoms with Gasteiger partial charge in [0.2, 0.25) is 11.8 Å². The van der Waals surface area contributed by atoms with E-state index in [2.05, 4.69) is 15.7 Å². The molecule has 1 rings (SSSR count). The van der Waals surface area contributed by atoms with Gasteiger partial charge in [0.1, 0.15) is 17.7 Å². The molecule has 1 atom stereocenters. The highest BCUT2D eigenvalue weighted by atomic mass is 35.5. The average Bonchev–Trinajstić information content (AvgIpc) is 2.74. The number of nitrogens with one attached hydrogen (secondary N) is 2. The van der Waals surface area contributed by atoms with E-state index in [0.717, 1.165) is 0 Å². The van der Waals surface area contributed by atoms with Crippen molar-refractivity contribution in [3.63, 3.8) is 0 Å². The number of hydrogen-bond acceptors (Lipinski definition) is 4. The van der Waals surface area contributed by atoms with E-state index in [1.165, 1.54) is 10.8 Å². The number of hydrogen-bond donors (Lipinski definition) is 2. The molecule has 1 aromatic heterocycles. The van der Waals surface area contributed by atoms with Crippen molar-refractivity contribution in [2.24, 2.45) is 13.0 Å². The summed E-state index contributed by atoms with van der Waals surface area (Å²) in [4.78, 5) is 24.1. The Balaban J connectivity index is 2.79. The van der Waals surface area contributed by atoms with Gasteiger partial charge in [-0.25, -0.2) is 0 Å². The van der Waals surface area contributed by atoms with Gasteiger partial charge in [-0.3, -0.25) is 14.3 Å². The number of aromatic nitrogens is 2. The minimum absolute atomic E-state index is 0.0936. The number of halogens is 1. The van der Waals surface area contributed by atoms with Crippen LogP contribution in [0, 0.1) is 24.2 Å². The standard InChI is InChI=1S/C16H22ClN5O2/c1-10(2)9-13(16(24)19-8-7-18)20-14(23)6-5-12-11(3)21-22(4)15(12)17/h5-6,10,13H,8-9H2,1-4H3,(H,19,24)(H,20,23)/b6-5+/t13-/m0/s1. The Labute approximate surface area is 146 Å². The summed E-state index contributed by atoms with van der Waals surface area (Å²) in [7, 11) is 1.71. The molecule has 2 N–H and O–H groups in total. The topological polar surface area (TPSA) is 99.8 Å². The molecule has 0 spiro atoms. The van der Waals surface area contributed by atoms with E-state index in [-0.39, 0.29) is 18.4 Å². The zero-order chi connectivity index (χ0) is 18.3. The first kappa shape index (κ1) is 19.7. The summed E-state index contributed by atoms with van der Waals surface area (Å²) in [6.45, 7) is 5.60. The minimum Gasteiger partial charge on any atom is -0.341 e. The number of rotatable bonds is 7. The Bertz CT molecular complexity index is 673. The number of amides is 2. The summed E-state index contributed by atoms with van der Waals surface area (Å²) in [6.07, 6.45) is 3.37. The first-order valence-electron chi connectivity index (χ1n) is 7.58. The number of aryl methyl sites for hydroxylation is 2. The third kappa shape index (κ3) is 5.70. The molecule has 0 aliphatic rings. The van der Waals surface area contributed by atoms with Crippen LogP contribution in [0.5, 0.6) is 0 Å². The lowest BCUT2D eigenvalue weighted by atomic mass is 10.0. The maximum atomic E-state index is 12.1. The Morgan fingerprint density at radius 2 is 2.12 bits per heavy atom. The van der Waals surface area contributed by atoms with E-state index >= 15 is 0 Å². The largest absolute Gasteiger partial charge is 0.341 e. The maximum absolute atomic E-state index is 12.1. The molecule has 0 aliphatic heterocycles. The summed E-state index contributed by atoms with van der Waals surface area (Å²) in [5, 5.41) is 18.3. The fourth-order valence-corrected chi connectivity index (χ4v) is 2.40. The van der Waals surface area contributed by atoms with E-state index < -0.39 is 11.9 Å². The van der Waals surface area contributed by atoms with Crippen molar-refractivity contribution in [3.05, 3.63) is 22.5 Å². The summed E-state index contributed by atoms with van der Waals surface area (Å²) < 4.78 is 1.52. The van der Waals surface area contributed by atoms with Crippen LogP contribution in [0.2, 0.25) is 5.15 Å². The van der Waals surface area contributed by atoms with E-state index in [1.54, 1.807) is 20.0 Å². The van der Waals surface area contributed by atoms with Crippen LogP contribution in [0.4, 0.5) is 0 Å². The van der Waals surface area contributed by atoms with Gasteiger partial charge in [-0.1, -0.05) is 25.4 Å². The van der Waals surface area contributed by atoms with Gasteiger partial charge >= 0.3 is 0 Å². The van der Waals surface area contributed by atoms with Crippen molar-refractivity contribution in [1.29, 1.82) is 5.26 Å². The van der Waals surface area contributed by atoms with Crippen molar-refractivity contribution >= 4 is 29.5 Å². The van der Waals surface area contributed by atoms with Gasteiger partial charge in [-0.2, -0.15) is 10.4 Å². The highest BCUT2D eigenvalue weighted by Gasteiger charge is 2.20. The smallest absolute Gasteiger partial charge is 0.244 e. The van der Waals surface area contributed by atoms with Gasteiger partial charge in [-0.15, -0.1) is 0 Å². The number of carbonyl (C=O) groups excluding carboxylic acids is 2. The van der Waals surface area contributed by atoms with Crippen LogP contribution in [-0.4, -0.2) is 34.2 Å². The highest BCUT2D eigenvalue weighted by molar-refractivity contribution is 6.31. The fourth-order valence-electron chi connectivity index (χ4n) is 2.17. The van der Waals surface area contributed by atoms with E-state index in [9.17, 15) is 9.59 Å². The van der Waals surface area contributed by atoms with Crippen LogP contribution < -0.4 is 10.6 Å². The third-order valence-corrected chi connectivity index (χ3v) is 3.73. The molecular weight excluding hydrogens is 330 g/mol. The SMILES string of the molecule is Cc1nn(C)c(Cl)c1/C=C/C(=O)N[C@@H](CC(C)C)C(=O)NCC#N. The number of nitrogens with zero attached hydrogens (tertiary/aromatic N) is 3. The molecule has 7 nitrogen and oxygen atoms in total. The average molecular weight is 352 g/mol. The monoisotopic (exact) mass is 351 g/mol. The lowest BCUT2D eigenvalue weighted by Crippen LogP contribution is -2.47. The van der Waals surface area contributed by atoms with E-state index in [4.69, 9.17) is 16.9 Å². The molecule has 0 fully saturated rings. The van der Waals surface area contributed by atoms with Crippen LogP contribution in [0.15, 0.2) is 6.08 Å². The lowest BCUT2D eigenvalue weighted by molar-refractivity contribution is -0.127. The molecule has 24 heavy (non-hydrogen) atoms. The Hall–Kier alpha value is -2.33. The fraction of sp³-hybridized carbons (Fsp3) is 0.500. The minimum atomic E-state index is -0.694. The van der Waals surface area contributed by atoms with Crippen LogP contribution in [0.3, 0.4) is 0 Å². The molecule has 2 amide bonds. The van der Waals surface area contributed by atoms with Gasteiger partial charge in [-0.05, 0) is 25.3 Å². The normalized spacial score (nSPS) is 12.2. The van der Waals surface area contributed by atoms with Crippen molar-refractivity contribution in [2.75, 3.05) is 6.54 Å². The molecular formula is C16H22ClN5O2. The molecule has 0 saturated carbocycles. The summed E-state index contributed by atoms with van der Waals surface area (Å²) in [6, 6.07) is 1.15. The molecule has 0 aromatic carbocycles. The maximum Gasteiger partial charge on any atom is 0.244 e. The van der Waals surface area contributed by atoms with Crippen molar-refractivity contribution in [1.82, 2.24) is 20.4 Å². The predicted octanol–water partition coefficient (Wildman–Crippen LogP) is 1.57. The van der Waals surface area contributed by atoms with Gasteiger partial charge in [0.25, 0.3) is 0 Å². The summed E-state index contributed by atoms with van der Waals surface area (Å²) in [5.41, 5.74) is 1.36. The second-order valence-corrected chi connectivity index (χ2v) is 6.17. The quantitative estimate of drug-likeness (QED) is 0.575. The number of nitriles is 1. The molecule has 8 heteroatoms. The highest BCUT2D eigenvalue weighted by Crippen LogP contribution is 2.19. The predicted molar refractivity (Wildman–Crippen MR) is 92.0 cm³/mol. The van der Waals surface area contributed by atoms with Crippen LogP contribution in [-0.2, 0) is 16.6 Å². The van der Waals surface area contributed by atoms with E-state index in [0.29, 0.717) is 22.8 Å². The number of carbonyl (C=O) groups is 2. The second-order valence-electron chi connectivity index (χ2n) is 5.81. The Kier molecular flexibility index (Phi) is 7.46. The molecule has 0 bridgehead atoms. The molecule has 0 radical (unpaired) electrons. The first-order valence-corrected chi connectivity index (χ1v) is 7.96.